The molecule has 190 valence electrons. The summed E-state index contributed by atoms with van der Waals surface area (Å²) in [7, 11) is 0. The zero-order valence-electron chi connectivity index (χ0n) is 19.6. The van der Waals surface area contributed by atoms with Crippen LogP contribution in [0.3, 0.4) is 0 Å². The topological polar surface area (TPSA) is 83.4 Å². The SMILES string of the molecule is O=C(C=Cc1ccccc1)C1=C(O)C(=O)N(c2nnc(SCc3ccccc3F)s2)C1c1cccc(Br)c1. The molecule has 0 fully saturated rings. The number of carbonyl (C=O) groups excluding carboxylic acids is 2. The van der Waals surface area contributed by atoms with Crippen molar-refractivity contribution in [2.75, 3.05) is 4.90 Å². The zero-order valence-corrected chi connectivity index (χ0v) is 22.8. The van der Waals surface area contributed by atoms with Crippen LogP contribution in [0.2, 0.25) is 0 Å². The van der Waals surface area contributed by atoms with Crippen LogP contribution < -0.4 is 4.90 Å². The molecule has 3 aromatic carbocycles. The number of amides is 1. The van der Waals surface area contributed by atoms with Crippen molar-refractivity contribution < 1.29 is 19.1 Å². The van der Waals surface area contributed by atoms with Crippen molar-refractivity contribution in [3.63, 3.8) is 0 Å². The fourth-order valence-electron chi connectivity index (χ4n) is 3.99. The summed E-state index contributed by atoms with van der Waals surface area (Å²) < 4.78 is 15.3. The first kappa shape index (κ1) is 26.0. The Labute approximate surface area is 234 Å². The van der Waals surface area contributed by atoms with Gasteiger partial charge in [0.1, 0.15) is 5.82 Å². The van der Waals surface area contributed by atoms with Crippen LogP contribution in [-0.4, -0.2) is 27.0 Å². The Balaban J connectivity index is 1.47. The summed E-state index contributed by atoms with van der Waals surface area (Å²) in [6.07, 6.45) is 2.98. The van der Waals surface area contributed by atoms with E-state index in [2.05, 4.69) is 26.1 Å². The van der Waals surface area contributed by atoms with Crippen molar-refractivity contribution in [2.45, 2.75) is 16.1 Å². The second-order valence-electron chi connectivity index (χ2n) is 8.23. The lowest BCUT2D eigenvalue weighted by Gasteiger charge is -2.23. The van der Waals surface area contributed by atoms with E-state index < -0.39 is 23.5 Å². The van der Waals surface area contributed by atoms with Gasteiger partial charge in [0.2, 0.25) is 5.13 Å². The minimum atomic E-state index is -0.912. The van der Waals surface area contributed by atoms with E-state index in [1.54, 1.807) is 42.5 Å². The Bertz CT molecular complexity index is 1570. The number of hydrogen-bond acceptors (Lipinski definition) is 7. The Kier molecular flexibility index (Phi) is 7.82. The van der Waals surface area contributed by atoms with Crippen molar-refractivity contribution in [3.05, 3.63) is 123 Å². The van der Waals surface area contributed by atoms with Gasteiger partial charge < -0.3 is 5.11 Å². The van der Waals surface area contributed by atoms with Crippen LogP contribution in [0.1, 0.15) is 22.7 Å². The van der Waals surface area contributed by atoms with Gasteiger partial charge in [-0.3, -0.25) is 14.5 Å². The third kappa shape index (κ3) is 5.47. The number of anilines is 1. The first-order valence-corrected chi connectivity index (χ1v) is 14.0. The highest BCUT2D eigenvalue weighted by atomic mass is 79.9. The van der Waals surface area contributed by atoms with Gasteiger partial charge in [0.05, 0.1) is 11.6 Å². The van der Waals surface area contributed by atoms with Gasteiger partial charge >= 0.3 is 0 Å². The lowest BCUT2D eigenvalue weighted by atomic mass is 9.96. The van der Waals surface area contributed by atoms with Crippen molar-refractivity contribution in [1.29, 1.82) is 0 Å². The number of hydrogen-bond donors (Lipinski definition) is 1. The molecule has 0 spiro atoms. The molecule has 0 bridgehead atoms. The molecule has 1 N–H and O–H groups in total. The molecular weight excluding hydrogens is 589 g/mol. The minimum Gasteiger partial charge on any atom is -0.503 e. The lowest BCUT2D eigenvalue weighted by Crippen LogP contribution is -2.30. The van der Waals surface area contributed by atoms with E-state index in [1.807, 2.05) is 36.4 Å². The summed E-state index contributed by atoms with van der Waals surface area (Å²) in [5, 5.41) is 19.4. The molecule has 38 heavy (non-hydrogen) atoms. The standard InChI is InChI=1S/C28H19BrFN3O3S2/c29-20-11-6-10-18(15-20)24-23(22(34)14-13-17-7-2-1-3-8-17)25(35)26(36)33(24)27-31-32-28(38-27)37-16-19-9-4-5-12-21(19)30/h1-15,24,35H,16H2. The molecule has 0 radical (unpaired) electrons. The number of aliphatic hydroxyl groups excluding tert-OH is 1. The highest BCUT2D eigenvalue weighted by Gasteiger charge is 2.45. The molecule has 6 nitrogen and oxygen atoms in total. The molecule has 4 aromatic rings. The maximum Gasteiger partial charge on any atom is 0.296 e. The molecule has 2 heterocycles. The Morgan fingerprint density at radius 2 is 1.84 bits per heavy atom. The highest BCUT2D eigenvalue weighted by molar-refractivity contribution is 9.10. The number of carbonyl (C=O) groups is 2. The smallest absolute Gasteiger partial charge is 0.296 e. The normalized spacial score (nSPS) is 15.6. The van der Waals surface area contributed by atoms with Crippen LogP contribution in [0.4, 0.5) is 9.52 Å². The van der Waals surface area contributed by atoms with E-state index in [0.717, 1.165) is 21.4 Å². The predicted octanol–water partition coefficient (Wildman–Crippen LogP) is 6.91. The number of rotatable bonds is 8. The van der Waals surface area contributed by atoms with E-state index >= 15 is 0 Å². The van der Waals surface area contributed by atoms with Gasteiger partial charge in [-0.05, 0) is 41.0 Å². The second kappa shape index (κ2) is 11.4. The Hall–Kier alpha value is -3.60. The predicted molar refractivity (Wildman–Crippen MR) is 150 cm³/mol. The average molecular weight is 609 g/mol. The first-order valence-electron chi connectivity index (χ1n) is 11.4. The third-order valence-electron chi connectivity index (χ3n) is 5.78. The maximum absolute atomic E-state index is 14.0. The fourth-order valence-corrected chi connectivity index (χ4v) is 6.26. The van der Waals surface area contributed by atoms with E-state index in [9.17, 15) is 19.1 Å². The quantitative estimate of drug-likeness (QED) is 0.133. The summed E-state index contributed by atoms with van der Waals surface area (Å²) in [6.45, 7) is 0. The molecule has 1 aliphatic heterocycles. The van der Waals surface area contributed by atoms with Crippen LogP contribution in [0.5, 0.6) is 0 Å². The monoisotopic (exact) mass is 607 g/mol. The van der Waals surface area contributed by atoms with Gasteiger partial charge in [0.15, 0.2) is 15.9 Å². The largest absolute Gasteiger partial charge is 0.503 e. The number of aromatic nitrogens is 2. The number of ketones is 1. The number of aliphatic hydroxyl groups is 1. The summed E-state index contributed by atoms with van der Waals surface area (Å²) in [6, 6.07) is 22.0. The van der Waals surface area contributed by atoms with Crippen LogP contribution in [-0.2, 0) is 15.3 Å². The number of allylic oxidation sites excluding steroid dienone is 1. The average Bonchev–Trinajstić information content (AvgIpc) is 3.49. The van der Waals surface area contributed by atoms with Crippen LogP contribution in [0.15, 0.2) is 105 Å². The van der Waals surface area contributed by atoms with Gasteiger partial charge in [-0.15, -0.1) is 10.2 Å². The Morgan fingerprint density at radius 3 is 2.61 bits per heavy atom. The third-order valence-corrected chi connectivity index (χ3v) is 8.37. The van der Waals surface area contributed by atoms with Crippen LogP contribution in [0.25, 0.3) is 6.08 Å². The first-order chi connectivity index (χ1) is 18.4. The summed E-state index contributed by atoms with van der Waals surface area (Å²) >= 11 is 5.87. The highest BCUT2D eigenvalue weighted by Crippen LogP contribution is 2.43. The van der Waals surface area contributed by atoms with Gasteiger partial charge in [0.25, 0.3) is 5.91 Å². The number of benzene rings is 3. The van der Waals surface area contributed by atoms with Gasteiger partial charge in [-0.25, -0.2) is 4.39 Å². The van der Waals surface area contributed by atoms with Crippen molar-refractivity contribution in [1.82, 2.24) is 10.2 Å². The van der Waals surface area contributed by atoms with E-state index in [4.69, 9.17) is 0 Å². The molecule has 1 aromatic heterocycles. The van der Waals surface area contributed by atoms with Crippen molar-refractivity contribution in [2.24, 2.45) is 0 Å². The van der Waals surface area contributed by atoms with Crippen molar-refractivity contribution in [3.8, 4) is 0 Å². The van der Waals surface area contributed by atoms with E-state index in [0.29, 0.717) is 21.2 Å². The van der Waals surface area contributed by atoms with E-state index in [-0.39, 0.29) is 16.5 Å². The molecular formula is C28H19BrFN3O3S2. The molecule has 1 aliphatic rings. The fraction of sp³-hybridized carbons (Fsp3) is 0.0714. The summed E-state index contributed by atoms with van der Waals surface area (Å²) in [5.41, 5.74) is 1.90. The molecule has 1 amide bonds. The van der Waals surface area contributed by atoms with Crippen LogP contribution >= 0.6 is 39.0 Å². The molecule has 10 heteroatoms. The van der Waals surface area contributed by atoms with Crippen molar-refractivity contribution >= 4 is 61.9 Å². The maximum atomic E-state index is 14.0. The van der Waals surface area contributed by atoms with E-state index in [1.165, 1.54) is 28.8 Å². The molecule has 5 rings (SSSR count). The molecule has 0 saturated carbocycles. The second-order valence-corrected chi connectivity index (χ2v) is 11.3. The van der Waals surface area contributed by atoms with Gasteiger partial charge in [0, 0.05) is 10.2 Å². The molecule has 1 atom stereocenters. The minimum absolute atomic E-state index is 0.0453. The summed E-state index contributed by atoms with van der Waals surface area (Å²) in [5.74, 6) is -1.84. The Morgan fingerprint density at radius 1 is 1.08 bits per heavy atom. The summed E-state index contributed by atoms with van der Waals surface area (Å²) in [4.78, 5) is 27.9. The lowest BCUT2D eigenvalue weighted by molar-refractivity contribution is -0.117. The molecule has 1 unspecified atom stereocenters. The van der Waals surface area contributed by atoms with Gasteiger partial charge in [-0.2, -0.15) is 0 Å². The van der Waals surface area contributed by atoms with Crippen LogP contribution in [0, 0.1) is 5.82 Å². The number of nitrogens with zero attached hydrogens (tertiary/aromatic N) is 3. The molecule has 0 saturated heterocycles. The molecule has 0 aliphatic carbocycles. The van der Waals surface area contributed by atoms with Gasteiger partial charge in [-0.1, -0.05) is 106 Å². The zero-order chi connectivity index (χ0) is 26.6. The number of thioether (sulfide) groups is 1. The number of halogens is 2.